The Bertz CT molecular complexity index is 2750. The molecule has 8 aromatic carbocycles. The minimum absolute atomic E-state index is 0.145. The number of thiophene rings is 1. The minimum Gasteiger partial charge on any atom is -0.309 e. The van der Waals surface area contributed by atoms with Crippen molar-refractivity contribution in [2.45, 2.75) is 19.3 Å². The molecule has 10 rings (SSSR count). The van der Waals surface area contributed by atoms with E-state index in [4.69, 9.17) is 0 Å². The second-order valence-corrected chi connectivity index (χ2v) is 14.8. The topological polar surface area (TPSA) is 3.24 Å². The molecule has 0 saturated heterocycles. The van der Waals surface area contributed by atoms with Crippen molar-refractivity contribution in [3.8, 4) is 22.3 Å². The van der Waals surface area contributed by atoms with E-state index in [9.17, 15) is 0 Å². The van der Waals surface area contributed by atoms with E-state index in [2.05, 4.69) is 183 Å². The van der Waals surface area contributed by atoms with Gasteiger partial charge in [-0.3, -0.25) is 0 Å². The molecule has 2 heteroatoms. The molecule has 9 aromatic rings. The molecule has 0 aliphatic heterocycles. The number of rotatable bonds is 4. The molecule has 49 heavy (non-hydrogen) atoms. The monoisotopic (exact) mass is 643 g/mol. The third-order valence-electron chi connectivity index (χ3n) is 10.6. The fourth-order valence-corrected chi connectivity index (χ4v) is 9.46. The zero-order chi connectivity index (χ0) is 32.7. The van der Waals surface area contributed by atoms with Crippen LogP contribution in [-0.2, 0) is 5.41 Å². The lowest BCUT2D eigenvalue weighted by atomic mass is 9.80. The molecule has 0 N–H and O–H groups in total. The second kappa shape index (κ2) is 10.7. The van der Waals surface area contributed by atoms with Crippen molar-refractivity contribution in [3.05, 3.63) is 175 Å². The zero-order valence-corrected chi connectivity index (χ0v) is 28.3. The smallest absolute Gasteiger partial charge is 0.0555 e. The van der Waals surface area contributed by atoms with Crippen LogP contribution in [0.15, 0.2) is 164 Å². The summed E-state index contributed by atoms with van der Waals surface area (Å²) in [4.78, 5) is 2.54. The van der Waals surface area contributed by atoms with Gasteiger partial charge in [-0.05, 0) is 91.8 Å². The summed E-state index contributed by atoms with van der Waals surface area (Å²) in [6.07, 6.45) is 0. The molecule has 0 unspecified atom stereocenters. The van der Waals surface area contributed by atoms with Gasteiger partial charge < -0.3 is 4.90 Å². The fourth-order valence-electron chi connectivity index (χ4n) is 8.33. The standard InChI is InChI=1S/C47H33NS/c1-47(2)39-18-9-7-16-37(39)45-41(29-34-14-5-6-15-36(34)46(45)47)48(40-19-11-21-43-44(40)38-17-8-10-20-42(38)49-43)35-26-24-31(25-27-35)33-23-22-30-12-3-4-13-32(30)28-33/h3-29H,1-2H3. The Hall–Kier alpha value is -5.70. The van der Waals surface area contributed by atoms with Crippen LogP contribution in [0.3, 0.4) is 0 Å². The molecule has 0 fully saturated rings. The predicted molar refractivity (Wildman–Crippen MR) is 212 cm³/mol. The predicted octanol–water partition coefficient (Wildman–Crippen LogP) is 13.8. The van der Waals surface area contributed by atoms with E-state index in [1.54, 1.807) is 0 Å². The first-order valence-corrected chi connectivity index (χ1v) is 17.8. The first-order valence-electron chi connectivity index (χ1n) is 17.0. The summed E-state index contributed by atoms with van der Waals surface area (Å²) >= 11 is 1.87. The summed E-state index contributed by atoms with van der Waals surface area (Å²) in [5, 5.41) is 7.71. The van der Waals surface area contributed by atoms with Crippen LogP contribution in [0.2, 0.25) is 0 Å². The molecule has 1 aliphatic rings. The van der Waals surface area contributed by atoms with Crippen molar-refractivity contribution < 1.29 is 0 Å². The zero-order valence-electron chi connectivity index (χ0n) is 27.4. The maximum Gasteiger partial charge on any atom is 0.0555 e. The van der Waals surface area contributed by atoms with Gasteiger partial charge in [0.05, 0.1) is 11.4 Å². The highest BCUT2D eigenvalue weighted by Crippen LogP contribution is 2.57. The van der Waals surface area contributed by atoms with Crippen molar-refractivity contribution in [1.82, 2.24) is 0 Å². The lowest BCUT2D eigenvalue weighted by Gasteiger charge is -2.31. The second-order valence-electron chi connectivity index (χ2n) is 13.7. The summed E-state index contributed by atoms with van der Waals surface area (Å²) in [5.74, 6) is 0. The molecular weight excluding hydrogens is 611 g/mol. The summed E-state index contributed by atoms with van der Waals surface area (Å²) in [7, 11) is 0. The van der Waals surface area contributed by atoms with Crippen molar-refractivity contribution in [2.75, 3.05) is 4.90 Å². The number of fused-ring (bicyclic) bond motifs is 9. The van der Waals surface area contributed by atoms with Crippen molar-refractivity contribution >= 4 is 70.1 Å². The maximum absolute atomic E-state index is 2.54. The SMILES string of the molecule is CC1(C)c2ccccc2-c2c(N(c3ccc(-c4ccc5ccccc5c4)cc3)c3cccc4sc5ccccc5c34)cc3ccccc3c21. The highest BCUT2D eigenvalue weighted by molar-refractivity contribution is 7.26. The highest BCUT2D eigenvalue weighted by Gasteiger charge is 2.39. The van der Waals surface area contributed by atoms with Crippen LogP contribution < -0.4 is 4.90 Å². The normalized spacial score (nSPS) is 13.3. The average Bonchev–Trinajstić information content (AvgIpc) is 3.65. The molecule has 0 spiro atoms. The minimum atomic E-state index is -0.145. The Morgan fingerprint density at radius 1 is 0.490 bits per heavy atom. The van der Waals surface area contributed by atoms with Gasteiger partial charge in [-0.15, -0.1) is 11.3 Å². The Balaban J connectivity index is 1.27. The first-order chi connectivity index (χ1) is 24.1. The van der Waals surface area contributed by atoms with Crippen LogP contribution in [0.1, 0.15) is 25.0 Å². The molecule has 0 radical (unpaired) electrons. The molecule has 232 valence electrons. The fraction of sp³-hybridized carbons (Fsp3) is 0.0638. The van der Waals surface area contributed by atoms with E-state index in [0.29, 0.717) is 0 Å². The molecule has 0 atom stereocenters. The average molecular weight is 644 g/mol. The summed E-state index contributed by atoms with van der Waals surface area (Å²) in [5.41, 5.74) is 11.3. The van der Waals surface area contributed by atoms with Gasteiger partial charge in [0.25, 0.3) is 0 Å². The summed E-state index contributed by atoms with van der Waals surface area (Å²) in [6.45, 7) is 4.79. The van der Waals surface area contributed by atoms with E-state index in [1.165, 1.54) is 86.5 Å². The Kier molecular flexibility index (Phi) is 6.16. The first kappa shape index (κ1) is 28.3. The van der Waals surface area contributed by atoms with Gasteiger partial charge in [-0.25, -0.2) is 0 Å². The Labute approximate surface area is 290 Å². The molecule has 1 nitrogen and oxygen atoms in total. The van der Waals surface area contributed by atoms with Crippen molar-refractivity contribution in [3.63, 3.8) is 0 Å². The van der Waals surface area contributed by atoms with Gasteiger partial charge >= 0.3 is 0 Å². The third-order valence-corrected chi connectivity index (χ3v) is 11.7. The van der Waals surface area contributed by atoms with Crippen LogP contribution in [0, 0.1) is 0 Å². The number of hydrogen-bond donors (Lipinski definition) is 0. The largest absolute Gasteiger partial charge is 0.309 e. The summed E-state index contributed by atoms with van der Waals surface area (Å²) < 4.78 is 2.61. The maximum atomic E-state index is 2.54. The highest BCUT2D eigenvalue weighted by atomic mass is 32.1. The molecule has 0 bridgehead atoms. The summed E-state index contributed by atoms with van der Waals surface area (Å²) in [6, 6.07) is 60.6. The van der Waals surface area contributed by atoms with E-state index in [-0.39, 0.29) is 5.41 Å². The van der Waals surface area contributed by atoms with Gasteiger partial charge in [-0.1, -0.05) is 135 Å². The van der Waals surface area contributed by atoms with Crippen LogP contribution in [0.5, 0.6) is 0 Å². The van der Waals surface area contributed by atoms with Gasteiger partial charge in [-0.2, -0.15) is 0 Å². The van der Waals surface area contributed by atoms with Crippen molar-refractivity contribution in [1.29, 1.82) is 0 Å². The molecule has 1 aromatic heterocycles. The Morgan fingerprint density at radius 2 is 1.16 bits per heavy atom. The van der Waals surface area contributed by atoms with E-state index in [1.807, 2.05) is 11.3 Å². The van der Waals surface area contributed by atoms with E-state index >= 15 is 0 Å². The molecular formula is C47H33NS. The molecule has 1 heterocycles. The Morgan fingerprint density at radius 3 is 2.02 bits per heavy atom. The third kappa shape index (κ3) is 4.24. The van der Waals surface area contributed by atoms with Gasteiger partial charge in [0.1, 0.15) is 0 Å². The number of benzene rings is 8. The number of anilines is 3. The quantitative estimate of drug-likeness (QED) is 0.184. The molecule has 0 saturated carbocycles. The van der Waals surface area contributed by atoms with E-state index < -0.39 is 0 Å². The van der Waals surface area contributed by atoms with Crippen LogP contribution in [-0.4, -0.2) is 0 Å². The molecule has 1 aliphatic carbocycles. The van der Waals surface area contributed by atoms with Gasteiger partial charge in [0.15, 0.2) is 0 Å². The van der Waals surface area contributed by atoms with Gasteiger partial charge in [0, 0.05) is 36.8 Å². The molecule has 0 amide bonds. The van der Waals surface area contributed by atoms with Crippen molar-refractivity contribution in [2.24, 2.45) is 0 Å². The number of hydrogen-bond acceptors (Lipinski definition) is 2. The lowest BCUT2D eigenvalue weighted by molar-refractivity contribution is 0.666. The number of nitrogens with zero attached hydrogens (tertiary/aromatic N) is 1. The lowest BCUT2D eigenvalue weighted by Crippen LogP contribution is -2.17. The van der Waals surface area contributed by atoms with Crippen LogP contribution >= 0.6 is 11.3 Å². The van der Waals surface area contributed by atoms with Gasteiger partial charge in [0.2, 0.25) is 0 Å². The van der Waals surface area contributed by atoms with E-state index in [0.717, 1.165) is 5.69 Å². The van der Waals surface area contributed by atoms with Crippen LogP contribution in [0.4, 0.5) is 17.1 Å². The van der Waals surface area contributed by atoms with Crippen LogP contribution in [0.25, 0.3) is 64.0 Å².